The fourth-order valence-electron chi connectivity index (χ4n) is 4.63. The van der Waals surface area contributed by atoms with Gasteiger partial charge in [-0.05, 0) is 38.7 Å². The number of esters is 1. The van der Waals surface area contributed by atoms with Crippen molar-refractivity contribution < 1.29 is 44.2 Å². The van der Waals surface area contributed by atoms with Crippen LogP contribution in [0.1, 0.15) is 72.1 Å². The van der Waals surface area contributed by atoms with Crippen molar-refractivity contribution in [2.45, 2.75) is 115 Å². The predicted octanol–water partition coefficient (Wildman–Crippen LogP) is 0.964. The molecule has 2 fully saturated rings. The summed E-state index contributed by atoms with van der Waals surface area (Å²) < 4.78 is 16.5. The van der Waals surface area contributed by atoms with Crippen LogP contribution >= 0.6 is 0 Å². The maximum absolute atomic E-state index is 12.1. The number of unbranched alkanes of at least 4 members (excludes halogenated alkanes) is 5. The zero-order chi connectivity index (χ0) is 26.8. The van der Waals surface area contributed by atoms with Gasteiger partial charge in [-0.2, -0.15) is 0 Å². The maximum Gasteiger partial charge on any atom is 0.330 e. The summed E-state index contributed by atoms with van der Waals surface area (Å²) in [7, 11) is 0. The highest BCUT2D eigenvalue weighted by molar-refractivity contribution is 5.82. The molecule has 2 aliphatic heterocycles. The average Bonchev–Trinajstić information content (AvgIpc) is 3.58. The highest BCUT2D eigenvalue weighted by Crippen LogP contribution is 2.38. The van der Waals surface area contributed by atoms with Crippen LogP contribution in [0.15, 0.2) is 11.6 Å². The van der Waals surface area contributed by atoms with Crippen molar-refractivity contribution in [1.82, 2.24) is 0 Å². The summed E-state index contributed by atoms with van der Waals surface area (Å²) in [6.45, 7) is 5.56. The molecule has 9 atom stereocenters. The van der Waals surface area contributed by atoms with Crippen molar-refractivity contribution in [3.8, 4) is 0 Å². The largest absolute Gasteiger partial charge is 0.463 e. The molecule has 0 bridgehead atoms. The number of primary amides is 1. The summed E-state index contributed by atoms with van der Waals surface area (Å²) in [6.07, 6.45) is 1.97. The van der Waals surface area contributed by atoms with Gasteiger partial charge in [-0.1, -0.05) is 32.6 Å². The number of aliphatic hydroxyl groups excluding tert-OH is 4. The van der Waals surface area contributed by atoms with Crippen LogP contribution in [0.25, 0.3) is 0 Å². The van der Waals surface area contributed by atoms with Gasteiger partial charge in [-0.3, -0.25) is 4.79 Å². The number of ether oxygens (including phenoxy) is 3. The second-order valence-corrected chi connectivity index (χ2v) is 10.4. The lowest BCUT2D eigenvalue weighted by atomic mass is 9.84. The molecule has 10 nitrogen and oxygen atoms in total. The third kappa shape index (κ3) is 9.72. The van der Waals surface area contributed by atoms with Gasteiger partial charge in [-0.15, -0.1) is 0 Å². The molecule has 1 amide bonds. The standard InChI is InChI=1S/C26H45NO9/c1-15(12-21(30)34-11-9-7-5-4-6-8-10-20(27)29)22(31)26-24(33)23(32)18(14-35-26)13-19-25(36-19)16(2)17(3)28/h12,16-19,22-26,28,31-33H,4-11,13-14H2,1-3H3,(H2,27,29)/b15-12+/t16-,17-,18-,19-,22+,23+,24+,25-,26-/m0/s1. The minimum Gasteiger partial charge on any atom is -0.463 e. The van der Waals surface area contributed by atoms with E-state index in [-0.39, 0.29) is 48.7 Å². The lowest BCUT2D eigenvalue weighted by molar-refractivity contribution is -0.189. The molecule has 0 spiro atoms. The van der Waals surface area contributed by atoms with Crippen molar-refractivity contribution in [3.63, 3.8) is 0 Å². The number of carbonyl (C=O) groups excluding carboxylic acids is 2. The first-order valence-corrected chi connectivity index (χ1v) is 13.2. The lowest BCUT2D eigenvalue weighted by Gasteiger charge is -2.39. The Morgan fingerprint density at radius 1 is 1.03 bits per heavy atom. The number of nitrogens with two attached hydrogens (primary N) is 1. The van der Waals surface area contributed by atoms with Gasteiger partial charge < -0.3 is 40.4 Å². The van der Waals surface area contributed by atoms with E-state index < -0.39 is 36.5 Å². The first kappa shape index (κ1) is 30.7. The van der Waals surface area contributed by atoms with Gasteiger partial charge in [0, 0.05) is 24.3 Å². The van der Waals surface area contributed by atoms with E-state index >= 15 is 0 Å². The van der Waals surface area contributed by atoms with E-state index in [0.717, 1.165) is 38.5 Å². The third-order valence-corrected chi connectivity index (χ3v) is 7.29. The number of carbonyl (C=O) groups is 2. The van der Waals surface area contributed by atoms with Crippen molar-refractivity contribution >= 4 is 11.9 Å². The minimum absolute atomic E-state index is 0.0248. The number of hydrogen-bond donors (Lipinski definition) is 5. The topological polar surface area (TPSA) is 172 Å². The second-order valence-electron chi connectivity index (χ2n) is 10.4. The van der Waals surface area contributed by atoms with Gasteiger partial charge in [0.25, 0.3) is 0 Å². The SMILES string of the molecule is C/C(=C\C(=O)OCCCCCCCCC(N)=O)[C@@H](O)[C@@H]1OC[C@H](C[C@@H]2O[C@H]2[C@@H](C)[C@H](C)O)[C@@H](O)[C@H]1O. The van der Waals surface area contributed by atoms with Crippen molar-refractivity contribution in [2.24, 2.45) is 17.6 Å². The molecule has 0 radical (unpaired) electrons. The first-order chi connectivity index (χ1) is 17.0. The molecule has 2 rings (SSSR count). The van der Waals surface area contributed by atoms with Gasteiger partial charge in [0.1, 0.15) is 18.3 Å². The van der Waals surface area contributed by atoms with Crippen LogP contribution in [0, 0.1) is 11.8 Å². The van der Waals surface area contributed by atoms with E-state index in [4.69, 9.17) is 19.9 Å². The first-order valence-electron chi connectivity index (χ1n) is 13.2. The predicted molar refractivity (Wildman–Crippen MR) is 132 cm³/mol. The fourth-order valence-corrected chi connectivity index (χ4v) is 4.63. The maximum atomic E-state index is 12.1. The molecule has 2 heterocycles. The molecule has 0 aromatic rings. The Balaban J connectivity index is 1.68. The van der Waals surface area contributed by atoms with Crippen LogP contribution in [-0.2, 0) is 23.8 Å². The Hall–Kier alpha value is -1.56. The van der Waals surface area contributed by atoms with Gasteiger partial charge >= 0.3 is 5.97 Å². The fraction of sp³-hybridized carbons (Fsp3) is 0.846. The van der Waals surface area contributed by atoms with E-state index in [1.54, 1.807) is 13.8 Å². The van der Waals surface area contributed by atoms with E-state index in [2.05, 4.69) is 0 Å². The van der Waals surface area contributed by atoms with Gasteiger partial charge in [-0.25, -0.2) is 4.79 Å². The van der Waals surface area contributed by atoms with Crippen molar-refractivity contribution in [2.75, 3.05) is 13.2 Å². The van der Waals surface area contributed by atoms with Crippen LogP contribution in [0.5, 0.6) is 0 Å². The van der Waals surface area contributed by atoms with Crippen molar-refractivity contribution in [3.05, 3.63) is 11.6 Å². The summed E-state index contributed by atoms with van der Waals surface area (Å²) in [4.78, 5) is 22.8. The molecular formula is C26H45NO9. The minimum atomic E-state index is -1.33. The molecule has 36 heavy (non-hydrogen) atoms. The lowest BCUT2D eigenvalue weighted by Crippen LogP contribution is -2.55. The number of epoxide rings is 1. The molecule has 0 aromatic carbocycles. The molecule has 0 aromatic heterocycles. The molecule has 0 saturated carbocycles. The van der Waals surface area contributed by atoms with E-state index in [0.29, 0.717) is 12.8 Å². The van der Waals surface area contributed by atoms with Crippen LogP contribution in [0.3, 0.4) is 0 Å². The number of hydrogen-bond acceptors (Lipinski definition) is 9. The van der Waals surface area contributed by atoms with Crippen LogP contribution < -0.4 is 5.73 Å². The highest BCUT2D eigenvalue weighted by atomic mass is 16.6. The smallest absolute Gasteiger partial charge is 0.330 e. The Kier molecular flexibility index (Phi) is 12.8. The van der Waals surface area contributed by atoms with Gasteiger partial charge in [0.05, 0.1) is 37.6 Å². The van der Waals surface area contributed by atoms with Gasteiger partial charge in [0.2, 0.25) is 5.91 Å². The molecule has 2 aliphatic rings. The molecule has 2 saturated heterocycles. The molecule has 0 unspecified atom stereocenters. The summed E-state index contributed by atoms with van der Waals surface area (Å²) >= 11 is 0. The van der Waals surface area contributed by atoms with E-state index in [9.17, 15) is 30.0 Å². The number of aliphatic hydroxyl groups is 4. The quantitative estimate of drug-likeness (QED) is 0.0869. The molecule has 6 N–H and O–H groups in total. The molecule has 208 valence electrons. The highest BCUT2D eigenvalue weighted by Gasteiger charge is 2.49. The molecule has 10 heteroatoms. The van der Waals surface area contributed by atoms with Crippen molar-refractivity contribution in [1.29, 1.82) is 0 Å². The summed E-state index contributed by atoms with van der Waals surface area (Å²) in [5, 5.41) is 41.5. The Labute approximate surface area is 213 Å². The van der Waals surface area contributed by atoms with E-state index in [1.807, 2.05) is 6.92 Å². The zero-order valence-corrected chi connectivity index (χ0v) is 21.8. The Bertz CT molecular complexity index is 728. The number of rotatable bonds is 16. The van der Waals surface area contributed by atoms with Gasteiger partial charge in [0.15, 0.2) is 0 Å². The molecular weight excluding hydrogens is 470 g/mol. The Morgan fingerprint density at radius 3 is 2.31 bits per heavy atom. The summed E-state index contributed by atoms with van der Waals surface area (Å²) in [5.41, 5.74) is 5.38. The average molecular weight is 516 g/mol. The normalized spacial score (nSPS) is 30.9. The van der Waals surface area contributed by atoms with Crippen LogP contribution in [-0.4, -0.2) is 88.2 Å². The monoisotopic (exact) mass is 515 g/mol. The zero-order valence-electron chi connectivity index (χ0n) is 21.8. The Morgan fingerprint density at radius 2 is 1.67 bits per heavy atom. The second kappa shape index (κ2) is 15.0. The summed E-state index contributed by atoms with van der Waals surface area (Å²) in [6, 6.07) is 0. The third-order valence-electron chi connectivity index (χ3n) is 7.29. The van der Waals surface area contributed by atoms with Crippen LogP contribution in [0.4, 0.5) is 0 Å². The van der Waals surface area contributed by atoms with Crippen LogP contribution in [0.2, 0.25) is 0 Å². The summed E-state index contributed by atoms with van der Waals surface area (Å²) in [5.74, 6) is -1.25. The number of amides is 1. The van der Waals surface area contributed by atoms with E-state index in [1.165, 1.54) is 6.08 Å². The molecule has 0 aliphatic carbocycles.